The third kappa shape index (κ3) is 2.25. The molecule has 1 aromatic carbocycles. The van der Waals surface area contributed by atoms with Gasteiger partial charge in [-0.1, -0.05) is 12.1 Å². The van der Waals surface area contributed by atoms with Gasteiger partial charge in [-0.3, -0.25) is 0 Å². The monoisotopic (exact) mass is 265 g/mol. The maximum atomic E-state index is 13.6. The Morgan fingerprint density at radius 3 is 2.74 bits per heavy atom. The van der Waals surface area contributed by atoms with Crippen molar-refractivity contribution in [3.63, 3.8) is 0 Å². The predicted octanol–water partition coefficient (Wildman–Crippen LogP) is 2.52. The summed E-state index contributed by atoms with van der Waals surface area (Å²) < 4.78 is 19.3. The van der Waals surface area contributed by atoms with Crippen molar-refractivity contribution in [1.82, 2.24) is 4.90 Å². The van der Waals surface area contributed by atoms with Gasteiger partial charge in [-0.2, -0.15) is 0 Å². The molecule has 2 aliphatic heterocycles. The molecule has 19 heavy (non-hydrogen) atoms. The number of halogens is 1. The average Bonchev–Trinajstić information content (AvgIpc) is 2.84. The summed E-state index contributed by atoms with van der Waals surface area (Å²) in [6, 6.07) is 5.01. The second kappa shape index (κ2) is 4.72. The average molecular weight is 265 g/mol. The van der Waals surface area contributed by atoms with E-state index in [1.807, 2.05) is 6.07 Å². The molecule has 0 bridgehead atoms. The first-order valence-corrected chi connectivity index (χ1v) is 6.57. The van der Waals surface area contributed by atoms with Gasteiger partial charge in [0.05, 0.1) is 0 Å². The van der Waals surface area contributed by atoms with E-state index in [1.54, 1.807) is 6.07 Å². The standard InChI is InChI=1S/C14H16FNO3/c15-11-3-1-2-10-8-12(19-13(10)11)9-4-6-16(7-5-9)14(17)18/h1-3,9,12H,4-8H2,(H,17,18). The van der Waals surface area contributed by atoms with Crippen LogP contribution in [0.4, 0.5) is 9.18 Å². The highest BCUT2D eigenvalue weighted by Crippen LogP contribution is 2.36. The van der Waals surface area contributed by atoms with Crippen LogP contribution >= 0.6 is 0 Å². The Bertz CT molecular complexity index is 497. The molecule has 0 spiro atoms. The molecule has 1 atom stereocenters. The number of nitrogens with zero attached hydrogens (tertiary/aromatic N) is 1. The number of benzene rings is 1. The third-order valence-corrected chi connectivity index (χ3v) is 4.07. The van der Waals surface area contributed by atoms with Crippen LogP contribution < -0.4 is 4.74 Å². The number of carbonyl (C=O) groups is 1. The van der Waals surface area contributed by atoms with E-state index in [9.17, 15) is 9.18 Å². The smallest absolute Gasteiger partial charge is 0.407 e. The number of hydrogen-bond donors (Lipinski definition) is 1. The van der Waals surface area contributed by atoms with Crippen LogP contribution in [0.15, 0.2) is 18.2 Å². The van der Waals surface area contributed by atoms with E-state index in [4.69, 9.17) is 9.84 Å². The van der Waals surface area contributed by atoms with Gasteiger partial charge in [0.2, 0.25) is 0 Å². The number of ether oxygens (including phenoxy) is 1. The van der Waals surface area contributed by atoms with E-state index in [2.05, 4.69) is 0 Å². The summed E-state index contributed by atoms with van der Waals surface area (Å²) >= 11 is 0. The maximum Gasteiger partial charge on any atom is 0.407 e. The molecule has 1 N–H and O–H groups in total. The summed E-state index contributed by atoms with van der Waals surface area (Å²) in [7, 11) is 0. The number of carboxylic acid groups (broad SMARTS) is 1. The summed E-state index contributed by atoms with van der Waals surface area (Å²) in [5, 5.41) is 8.91. The van der Waals surface area contributed by atoms with Crippen molar-refractivity contribution >= 4 is 6.09 Å². The van der Waals surface area contributed by atoms with Gasteiger partial charge in [0.15, 0.2) is 11.6 Å². The minimum Gasteiger partial charge on any atom is -0.486 e. The highest BCUT2D eigenvalue weighted by molar-refractivity contribution is 5.65. The molecule has 2 heterocycles. The molecule has 102 valence electrons. The van der Waals surface area contributed by atoms with Crippen molar-refractivity contribution in [3.05, 3.63) is 29.6 Å². The van der Waals surface area contributed by atoms with Crippen LogP contribution in [0.3, 0.4) is 0 Å². The van der Waals surface area contributed by atoms with Crippen LogP contribution in [0.1, 0.15) is 18.4 Å². The van der Waals surface area contributed by atoms with Gasteiger partial charge in [0.1, 0.15) is 6.10 Å². The Morgan fingerprint density at radius 1 is 1.37 bits per heavy atom. The molecule has 1 aromatic rings. The molecular formula is C14H16FNO3. The topological polar surface area (TPSA) is 49.8 Å². The third-order valence-electron chi connectivity index (χ3n) is 4.07. The van der Waals surface area contributed by atoms with Crippen LogP contribution in [0.2, 0.25) is 0 Å². The second-order valence-corrected chi connectivity index (χ2v) is 5.20. The molecule has 1 fully saturated rings. The quantitative estimate of drug-likeness (QED) is 0.848. The number of rotatable bonds is 1. The Morgan fingerprint density at radius 2 is 2.11 bits per heavy atom. The lowest BCUT2D eigenvalue weighted by Crippen LogP contribution is -2.41. The molecular weight excluding hydrogens is 249 g/mol. The van der Waals surface area contributed by atoms with Crippen LogP contribution in [0, 0.1) is 11.7 Å². The first kappa shape index (κ1) is 12.3. The Kier molecular flexibility index (Phi) is 3.05. The number of amides is 1. The lowest BCUT2D eigenvalue weighted by Gasteiger charge is -2.32. The zero-order valence-electron chi connectivity index (χ0n) is 10.5. The molecule has 0 aliphatic carbocycles. The highest BCUT2D eigenvalue weighted by Gasteiger charge is 2.34. The zero-order valence-corrected chi connectivity index (χ0v) is 10.5. The molecule has 0 aromatic heterocycles. The van der Waals surface area contributed by atoms with Crippen molar-refractivity contribution < 1.29 is 19.0 Å². The number of para-hydroxylation sites is 1. The van der Waals surface area contributed by atoms with Gasteiger partial charge in [-0.15, -0.1) is 0 Å². The Balaban J connectivity index is 1.65. The SMILES string of the molecule is O=C(O)N1CCC(C2Cc3cccc(F)c3O2)CC1. The fourth-order valence-electron chi connectivity index (χ4n) is 2.98. The molecule has 1 unspecified atom stereocenters. The minimum atomic E-state index is -0.861. The predicted molar refractivity (Wildman–Crippen MR) is 66.8 cm³/mol. The lowest BCUT2D eigenvalue weighted by molar-refractivity contribution is 0.0820. The van der Waals surface area contributed by atoms with Gasteiger partial charge < -0.3 is 14.7 Å². The molecule has 0 radical (unpaired) electrons. The lowest BCUT2D eigenvalue weighted by atomic mass is 9.89. The van der Waals surface area contributed by atoms with Crippen molar-refractivity contribution in [1.29, 1.82) is 0 Å². The van der Waals surface area contributed by atoms with Crippen molar-refractivity contribution in [3.8, 4) is 5.75 Å². The van der Waals surface area contributed by atoms with Crippen LogP contribution in [0.25, 0.3) is 0 Å². The van der Waals surface area contributed by atoms with Crippen molar-refractivity contribution in [2.75, 3.05) is 13.1 Å². The summed E-state index contributed by atoms with van der Waals surface area (Å²) in [6.07, 6.45) is 1.42. The maximum absolute atomic E-state index is 13.6. The molecule has 5 heteroatoms. The molecule has 0 saturated carbocycles. The van der Waals surface area contributed by atoms with Gasteiger partial charge in [0, 0.05) is 25.1 Å². The molecule has 3 rings (SSSR count). The summed E-state index contributed by atoms with van der Waals surface area (Å²) in [4.78, 5) is 12.3. The summed E-state index contributed by atoms with van der Waals surface area (Å²) in [6.45, 7) is 1.08. The summed E-state index contributed by atoms with van der Waals surface area (Å²) in [5.41, 5.74) is 0.922. The number of hydrogen-bond acceptors (Lipinski definition) is 2. The fraction of sp³-hybridized carbons (Fsp3) is 0.500. The fourth-order valence-corrected chi connectivity index (χ4v) is 2.98. The summed E-state index contributed by atoms with van der Waals surface area (Å²) in [5.74, 6) is 0.388. The number of piperidine rings is 1. The van der Waals surface area contributed by atoms with E-state index >= 15 is 0 Å². The Hall–Kier alpha value is -1.78. The molecule has 1 amide bonds. The zero-order chi connectivity index (χ0) is 13.4. The first-order valence-electron chi connectivity index (χ1n) is 6.57. The van der Waals surface area contributed by atoms with Crippen LogP contribution in [-0.2, 0) is 6.42 Å². The van der Waals surface area contributed by atoms with E-state index < -0.39 is 6.09 Å². The van der Waals surface area contributed by atoms with Gasteiger partial charge >= 0.3 is 6.09 Å². The van der Waals surface area contributed by atoms with Crippen LogP contribution in [0.5, 0.6) is 5.75 Å². The highest BCUT2D eigenvalue weighted by atomic mass is 19.1. The van der Waals surface area contributed by atoms with Crippen LogP contribution in [-0.4, -0.2) is 35.3 Å². The first-order chi connectivity index (χ1) is 9.15. The normalized spacial score (nSPS) is 23.0. The number of likely N-dealkylation sites (tertiary alicyclic amines) is 1. The molecule has 1 saturated heterocycles. The largest absolute Gasteiger partial charge is 0.486 e. The molecule has 4 nitrogen and oxygen atoms in total. The number of fused-ring (bicyclic) bond motifs is 1. The van der Waals surface area contributed by atoms with Gasteiger partial charge in [-0.05, 0) is 24.8 Å². The van der Waals surface area contributed by atoms with E-state index in [0.29, 0.717) is 24.8 Å². The van der Waals surface area contributed by atoms with E-state index in [1.165, 1.54) is 11.0 Å². The van der Waals surface area contributed by atoms with Gasteiger partial charge in [0.25, 0.3) is 0 Å². The Labute approximate surface area is 110 Å². The van der Waals surface area contributed by atoms with E-state index in [-0.39, 0.29) is 11.9 Å². The minimum absolute atomic E-state index is 0.0113. The van der Waals surface area contributed by atoms with Crippen molar-refractivity contribution in [2.24, 2.45) is 5.92 Å². The van der Waals surface area contributed by atoms with E-state index in [0.717, 1.165) is 24.8 Å². The van der Waals surface area contributed by atoms with Crippen molar-refractivity contribution in [2.45, 2.75) is 25.4 Å². The second-order valence-electron chi connectivity index (χ2n) is 5.20. The molecule has 2 aliphatic rings. The van der Waals surface area contributed by atoms with Gasteiger partial charge in [-0.25, -0.2) is 9.18 Å².